The van der Waals surface area contributed by atoms with Crippen molar-refractivity contribution in [2.24, 2.45) is 0 Å². The van der Waals surface area contributed by atoms with E-state index in [0.29, 0.717) is 18.0 Å². The van der Waals surface area contributed by atoms with E-state index in [9.17, 15) is 8.42 Å². The van der Waals surface area contributed by atoms with Gasteiger partial charge in [-0.25, -0.2) is 8.42 Å². The monoisotopic (exact) mass is 314 g/mol. The molecule has 0 aliphatic rings. The van der Waals surface area contributed by atoms with Crippen molar-refractivity contribution in [2.75, 3.05) is 27.3 Å². The molecule has 120 valence electrons. The molecule has 2 atom stereocenters. The SMILES string of the molecule is CCN(C(C)COC)S(=O)(=O)c1ccc(C(C)NC)cc1. The van der Waals surface area contributed by atoms with Crippen molar-refractivity contribution in [2.45, 2.75) is 37.8 Å². The van der Waals surface area contributed by atoms with Crippen LogP contribution in [0.25, 0.3) is 0 Å². The van der Waals surface area contributed by atoms with Gasteiger partial charge in [0, 0.05) is 25.7 Å². The Morgan fingerprint density at radius 2 is 1.81 bits per heavy atom. The summed E-state index contributed by atoms with van der Waals surface area (Å²) in [6.45, 7) is 6.51. The average Bonchev–Trinajstić information content (AvgIpc) is 2.47. The van der Waals surface area contributed by atoms with E-state index in [4.69, 9.17) is 4.74 Å². The first-order chi connectivity index (χ1) is 9.88. The summed E-state index contributed by atoms with van der Waals surface area (Å²) in [4.78, 5) is 0.319. The lowest BCUT2D eigenvalue weighted by molar-refractivity contribution is 0.142. The maximum Gasteiger partial charge on any atom is 0.243 e. The molecule has 1 aromatic rings. The van der Waals surface area contributed by atoms with Crippen LogP contribution in [0, 0.1) is 0 Å². The minimum Gasteiger partial charge on any atom is -0.383 e. The first-order valence-corrected chi connectivity index (χ1v) is 8.60. The van der Waals surface area contributed by atoms with Gasteiger partial charge in [-0.2, -0.15) is 4.31 Å². The van der Waals surface area contributed by atoms with Gasteiger partial charge >= 0.3 is 0 Å². The molecule has 21 heavy (non-hydrogen) atoms. The second-order valence-electron chi connectivity index (χ2n) is 5.09. The zero-order chi connectivity index (χ0) is 16.0. The van der Waals surface area contributed by atoms with Crippen LogP contribution in [0.3, 0.4) is 0 Å². The Morgan fingerprint density at radius 1 is 1.24 bits per heavy atom. The lowest BCUT2D eigenvalue weighted by atomic mass is 10.1. The normalized spacial score (nSPS) is 15.1. The molecule has 5 nitrogen and oxygen atoms in total. The van der Waals surface area contributed by atoms with Crippen molar-refractivity contribution < 1.29 is 13.2 Å². The second kappa shape index (κ2) is 7.89. The summed E-state index contributed by atoms with van der Waals surface area (Å²) in [5.41, 5.74) is 1.06. The molecule has 0 heterocycles. The van der Waals surface area contributed by atoms with Crippen LogP contribution in [0.15, 0.2) is 29.2 Å². The van der Waals surface area contributed by atoms with Crippen LogP contribution in [0.2, 0.25) is 0 Å². The molecule has 0 spiro atoms. The Kier molecular flexibility index (Phi) is 6.80. The minimum absolute atomic E-state index is 0.191. The fraction of sp³-hybridized carbons (Fsp3) is 0.600. The number of nitrogens with one attached hydrogen (secondary N) is 1. The molecular weight excluding hydrogens is 288 g/mol. The molecule has 0 aromatic heterocycles. The fourth-order valence-electron chi connectivity index (χ4n) is 2.27. The van der Waals surface area contributed by atoms with Crippen molar-refractivity contribution >= 4 is 10.0 Å². The molecule has 0 aliphatic heterocycles. The molecule has 0 saturated carbocycles. The number of likely N-dealkylation sites (N-methyl/N-ethyl adjacent to an activating group) is 1. The highest BCUT2D eigenvalue weighted by Gasteiger charge is 2.27. The smallest absolute Gasteiger partial charge is 0.243 e. The molecule has 1 aromatic carbocycles. The van der Waals surface area contributed by atoms with Crippen LogP contribution < -0.4 is 5.32 Å². The highest BCUT2D eigenvalue weighted by Crippen LogP contribution is 2.21. The van der Waals surface area contributed by atoms with Crippen LogP contribution in [0.1, 0.15) is 32.4 Å². The summed E-state index contributed by atoms with van der Waals surface area (Å²) < 4.78 is 31.9. The largest absolute Gasteiger partial charge is 0.383 e. The van der Waals surface area contributed by atoms with Crippen molar-refractivity contribution in [1.82, 2.24) is 9.62 Å². The molecule has 0 bridgehead atoms. The molecule has 2 unspecified atom stereocenters. The maximum atomic E-state index is 12.7. The number of sulfonamides is 1. The Morgan fingerprint density at radius 3 is 2.24 bits per heavy atom. The van der Waals surface area contributed by atoms with Crippen molar-refractivity contribution in [1.29, 1.82) is 0 Å². The van der Waals surface area contributed by atoms with Gasteiger partial charge in [0.15, 0.2) is 0 Å². The lowest BCUT2D eigenvalue weighted by Gasteiger charge is -2.26. The number of ether oxygens (including phenoxy) is 1. The van der Waals surface area contributed by atoms with Gasteiger partial charge in [0.1, 0.15) is 0 Å². The maximum absolute atomic E-state index is 12.7. The molecular formula is C15H26N2O3S. The minimum atomic E-state index is -3.49. The van der Waals surface area contributed by atoms with Gasteiger partial charge in [-0.15, -0.1) is 0 Å². The summed E-state index contributed by atoms with van der Waals surface area (Å²) in [7, 11) is -0.0390. The summed E-state index contributed by atoms with van der Waals surface area (Å²) in [6.07, 6.45) is 0. The Balaban J connectivity index is 3.06. The highest BCUT2D eigenvalue weighted by molar-refractivity contribution is 7.89. The van der Waals surface area contributed by atoms with Crippen molar-refractivity contribution in [3.63, 3.8) is 0 Å². The first-order valence-electron chi connectivity index (χ1n) is 7.16. The third-order valence-electron chi connectivity index (χ3n) is 3.63. The number of nitrogens with zero attached hydrogens (tertiary/aromatic N) is 1. The van der Waals surface area contributed by atoms with E-state index in [1.54, 1.807) is 19.2 Å². The third kappa shape index (κ3) is 4.26. The molecule has 1 rings (SSSR count). The first kappa shape index (κ1) is 18.1. The van der Waals surface area contributed by atoms with E-state index in [2.05, 4.69) is 5.32 Å². The van der Waals surface area contributed by atoms with E-state index >= 15 is 0 Å². The Labute approximate surface area is 128 Å². The predicted octanol–water partition coefficient (Wildman–Crippen LogP) is 2.01. The highest BCUT2D eigenvalue weighted by atomic mass is 32.2. The predicted molar refractivity (Wildman–Crippen MR) is 84.8 cm³/mol. The van der Waals surface area contributed by atoms with Crippen LogP contribution in [0.5, 0.6) is 0 Å². The number of hydrogen-bond donors (Lipinski definition) is 1. The zero-order valence-electron chi connectivity index (χ0n) is 13.5. The van der Waals surface area contributed by atoms with Crippen LogP contribution in [-0.4, -0.2) is 46.1 Å². The van der Waals surface area contributed by atoms with Crippen LogP contribution in [-0.2, 0) is 14.8 Å². The summed E-state index contributed by atoms with van der Waals surface area (Å²) in [5, 5.41) is 3.13. The fourth-order valence-corrected chi connectivity index (χ4v) is 3.90. The number of benzene rings is 1. The van der Waals surface area contributed by atoms with E-state index < -0.39 is 10.0 Å². The number of rotatable bonds is 8. The summed E-state index contributed by atoms with van der Waals surface area (Å²) >= 11 is 0. The van der Waals surface area contributed by atoms with Gasteiger partial charge < -0.3 is 10.1 Å². The topological polar surface area (TPSA) is 58.6 Å². The third-order valence-corrected chi connectivity index (χ3v) is 5.73. The molecule has 0 aliphatic carbocycles. The van der Waals surface area contributed by atoms with Gasteiger partial charge in [0.25, 0.3) is 0 Å². The van der Waals surface area contributed by atoms with Gasteiger partial charge in [-0.1, -0.05) is 19.1 Å². The van der Waals surface area contributed by atoms with E-state index in [-0.39, 0.29) is 12.1 Å². The second-order valence-corrected chi connectivity index (χ2v) is 6.98. The molecule has 0 fully saturated rings. The van der Waals surface area contributed by atoms with Crippen molar-refractivity contribution in [3.05, 3.63) is 29.8 Å². The molecule has 6 heteroatoms. The molecule has 1 N–H and O–H groups in total. The Hall–Kier alpha value is -0.950. The summed E-state index contributed by atoms with van der Waals surface area (Å²) in [5.74, 6) is 0. The quantitative estimate of drug-likeness (QED) is 0.797. The van der Waals surface area contributed by atoms with Crippen LogP contribution in [0.4, 0.5) is 0 Å². The van der Waals surface area contributed by atoms with Gasteiger partial charge in [0.05, 0.1) is 11.5 Å². The molecule has 0 radical (unpaired) electrons. The standard InChI is InChI=1S/C15H26N2O3S/c1-6-17(12(2)11-20-5)21(18,19)15-9-7-14(8-10-15)13(3)16-4/h7-10,12-13,16H,6,11H2,1-5H3. The molecule has 0 saturated heterocycles. The summed E-state index contributed by atoms with van der Waals surface area (Å²) in [6, 6.07) is 7.03. The van der Waals surface area contributed by atoms with E-state index in [1.807, 2.05) is 40.0 Å². The van der Waals surface area contributed by atoms with Gasteiger partial charge in [-0.3, -0.25) is 0 Å². The van der Waals surface area contributed by atoms with Gasteiger partial charge in [0.2, 0.25) is 10.0 Å². The Bertz CT molecular complexity index is 528. The van der Waals surface area contributed by atoms with E-state index in [1.165, 1.54) is 4.31 Å². The van der Waals surface area contributed by atoms with Crippen LogP contribution >= 0.6 is 0 Å². The molecule has 0 amide bonds. The lowest BCUT2D eigenvalue weighted by Crippen LogP contribution is -2.40. The van der Waals surface area contributed by atoms with E-state index in [0.717, 1.165) is 5.56 Å². The van der Waals surface area contributed by atoms with Gasteiger partial charge in [-0.05, 0) is 38.6 Å². The average molecular weight is 314 g/mol. The number of methoxy groups -OCH3 is 1. The zero-order valence-corrected chi connectivity index (χ0v) is 14.3. The van der Waals surface area contributed by atoms with Crippen molar-refractivity contribution in [3.8, 4) is 0 Å². The number of hydrogen-bond acceptors (Lipinski definition) is 4.